The van der Waals surface area contributed by atoms with Crippen LogP contribution in [0.25, 0.3) is 0 Å². The third-order valence-corrected chi connectivity index (χ3v) is 3.50. The molecule has 1 aliphatic rings. The molecule has 2 N–H and O–H groups in total. The Morgan fingerprint density at radius 2 is 2.15 bits per heavy atom. The number of nitrogen functional groups attached to an aromatic ring is 1. The van der Waals surface area contributed by atoms with Gasteiger partial charge in [0.15, 0.2) is 0 Å². The third-order valence-electron chi connectivity index (χ3n) is 3.50. The standard InChI is InChI=1S/C16H18N2O2/c1-11-5-8-15(20-11)10-18(14-6-7-14)16(19)12-3-2-4-13(17)9-12/h2-5,8-9,14H,6-7,10,17H2,1H3. The minimum Gasteiger partial charge on any atom is -0.464 e. The first-order valence-electron chi connectivity index (χ1n) is 6.85. The van der Waals surface area contributed by atoms with E-state index in [2.05, 4.69) is 0 Å². The van der Waals surface area contributed by atoms with Crippen LogP contribution in [0, 0.1) is 6.92 Å². The fourth-order valence-electron chi connectivity index (χ4n) is 2.33. The van der Waals surface area contributed by atoms with Crippen molar-refractivity contribution in [3.05, 3.63) is 53.5 Å². The summed E-state index contributed by atoms with van der Waals surface area (Å²) in [7, 11) is 0. The fraction of sp³-hybridized carbons (Fsp3) is 0.312. The van der Waals surface area contributed by atoms with E-state index in [0.717, 1.165) is 24.4 Å². The average Bonchev–Trinajstić information content (AvgIpc) is 3.19. The third kappa shape index (κ3) is 2.69. The van der Waals surface area contributed by atoms with Crippen molar-refractivity contribution in [3.8, 4) is 0 Å². The highest BCUT2D eigenvalue weighted by Crippen LogP contribution is 2.30. The normalized spacial score (nSPS) is 14.2. The number of hydrogen-bond acceptors (Lipinski definition) is 3. The molecule has 0 bridgehead atoms. The van der Waals surface area contributed by atoms with E-state index in [1.165, 1.54) is 0 Å². The second kappa shape index (κ2) is 5.04. The molecule has 0 aliphatic heterocycles. The van der Waals surface area contributed by atoms with Gasteiger partial charge in [-0.25, -0.2) is 0 Å². The molecule has 1 aromatic heterocycles. The Balaban J connectivity index is 1.81. The molecule has 4 nitrogen and oxygen atoms in total. The van der Waals surface area contributed by atoms with Gasteiger partial charge < -0.3 is 15.1 Å². The predicted molar refractivity (Wildman–Crippen MR) is 77.2 cm³/mol. The minimum absolute atomic E-state index is 0.0221. The quantitative estimate of drug-likeness (QED) is 0.869. The molecule has 1 saturated carbocycles. The summed E-state index contributed by atoms with van der Waals surface area (Å²) in [6.45, 7) is 2.43. The number of nitrogens with two attached hydrogens (primary N) is 1. The molecule has 3 rings (SSSR count). The minimum atomic E-state index is 0.0221. The fourth-order valence-corrected chi connectivity index (χ4v) is 2.33. The summed E-state index contributed by atoms with van der Waals surface area (Å²) >= 11 is 0. The summed E-state index contributed by atoms with van der Waals surface area (Å²) < 4.78 is 5.58. The van der Waals surface area contributed by atoms with Gasteiger partial charge in [-0.2, -0.15) is 0 Å². The molecule has 2 aromatic rings. The molecule has 0 saturated heterocycles. The van der Waals surface area contributed by atoms with Crippen molar-refractivity contribution in [2.75, 3.05) is 5.73 Å². The van der Waals surface area contributed by atoms with Crippen LogP contribution >= 0.6 is 0 Å². The number of rotatable bonds is 4. The first-order chi connectivity index (χ1) is 9.63. The Bertz CT molecular complexity index is 629. The van der Waals surface area contributed by atoms with Gasteiger partial charge >= 0.3 is 0 Å². The average molecular weight is 270 g/mol. The lowest BCUT2D eigenvalue weighted by Crippen LogP contribution is -2.32. The summed E-state index contributed by atoms with van der Waals surface area (Å²) in [5, 5.41) is 0. The Labute approximate surface area is 118 Å². The van der Waals surface area contributed by atoms with Crippen molar-refractivity contribution in [3.63, 3.8) is 0 Å². The molecule has 0 spiro atoms. The molecule has 0 radical (unpaired) electrons. The number of aryl methyl sites for hydroxylation is 1. The van der Waals surface area contributed by atoms with Crippen LogP contribution in [0.1, 0.15) is 34.7 Å². The smallest absolute Gasteiger partial charge is 0.254 e. The zero-order valence-corrected chi connectivity index (χ0v) is 11.5. The Morgan fingerprint density at radius 1 is 1.35 bits per heavy atom. The number of amides is 1. The van der Waals surface area contributed by atoms with Crippen molar-refractivity contribution in [2.45, 2.75) is 32.4 Å². The van der Waals surface area contributed by atoms with Crippen LogP contribution in [-0.2, 0) is 6.54 Å². The van der Waals surface area contributed by atoms with Crippen LogP contribution in [0.3, 0.4) is 0 Å². The van der Waals surface area contributed by atoms with E-state index < -0.39 is 0 Å². The molecule has 1 heterocycles. The zero-order chi connectivity index (χ0) is 14.1. The van der Waals surface area contributed by atoms with Crippen LogP contribution in [0.5, 0.6) is 0 Å². The van der Waals surface area contributed by atoms with Gasteiger partial charge in [0, 0.05) is 17.3 Å². The Hall–Kier alpha value is -2.23. The number of carbonyl (C=O) groups excluding carboxylic acids is 1. The highest BCUT2D eigenvalue weighted by Gasteiger charge is 2.33. The van der Waals surface area contributed by atoms with Gasteiger partial charge in [-0.05, 0) is 50.1 Å². The van der Waals surface area contributed by atoms with Crippen LogP contribution in [0.4, 0.5) is 5.69 Å². The van der Waals surface area contributed by atoms with E-state index in [9.17, 15) is 4.79 Å². The molecule has 1 amide bonds. The largest absolute Gasteiger partial charge is 0.464 e. The summed E-state index contributed by atoms with van der Waals surface area (Å²) in [6.07, 6.45) is 2.13. The number of benzene rings is 1. The SMILES string of the molecule is Cc1ccc(CN(C(=O)c2cccc(N)c2)C2CC2)o1. The molecule has 20 heavy (non-hydrogen) atoms. The number of furan rings is 1. The molecule has 1 aromatic carbocycles. The first-order valence-corrected chi connectivity index (χ1v) is 6.85. The highest BCUT2D eigenvalue weighted by atomic mass is 16.3. The monoisotopic (exact) mass is 270 g/mol. The van der Waals surface area contributed by atoms with Gasteiger partial charge in [0.1, 0.15) is 11.5 Å². The zero-order valence-electron chi connectivity index (χ0n) is 11.5. The van der Waals surface area contributed by atoms with E-state index >= 15 is 0 Å². The number of nitrogens with zero attached hydrogens (tertiary/aromatic N) is 1. The Kier molecular flexibility index (Phi) is 3.22. The molecular weight excluding hydrogens is 252 g/mol. The van der Waals surface area contributed by atoms with Crippen LogP contribution in [0.2, 0.25) is 0 Å². The van der Waals surface area contributed by atoms with E-state index in [4.69, 9.17) is 10.2 Å². The van der Waals surface area contributed by atoms with Gasteiger partial charge in [0.25, 0.3) is 5.91 Å². The lowest BCUT2D eigenvalue weighted by atomic mass is 10.1. The van der Waals surface area contributed by atoms with Gasteiger partial charge in [-0.3, -0.25) is 4.79 Å². The molecule has 1 aliphatic carbocycles. The van der Waals surface area contributed by atoms with Gasteiger partial charge in [0.2, 0.25) is 0 Å². The lowest BCUT2D eigenvalue weighted by molar-refractivity contribution is 0.0717. The van der Waals surface area contributed by atoms with E-state index in [-0.39, 0.29) is 5.91 Å². The lowest BCUT2D eigenvalue weighted by Gasteiger charge is -2.21. The molecular formula is C16H18N2O2. The van der Waals surface area contributed by atoms with Gasteiger partial charge in [-0.1, -0.05) is 6.07 Å². The van der Waals surface area contributed by atoms with E-state index in [0.29, 0.717) is 23.8 Å². The van der Waals surface area contributed by atoms with E-state index in [1.54, 1.807) is 12.1 Å². The molecule has 0 atom stereocenters. The van der Waals surface area contributed by atoms with Crippen molar-refractivity contribution < 1.29 is 9.21 Å². The number of carbonyl (C=O) groups is 1. The maximum atomic E-state index is 12.6. The summed E-state index contributed by atoms with van der Waals surface area (Å²) in [6, 6.07) is 11.3. The van der Waals surface area contributed by atoms with Crippen molar-refractivity contribution >= 4 is 11.6 Å². The van der Waals surface area contributed by atoms with Crippen molar-refractivity contribution in [1.82, 2.24) is 4.90 Å². The molecule has 1 fully saturated rings. The Morgan fingerprint density at radius 3 is 2.75 bits per heavy atom. The van der Waals surface area contributed by atoms with Crippen LogP contribution in [0.15, 0.2) is 40.8 Å². The topological polar surface area (TPSA) is 59.5 Å². The molecule has 104 valence electrons. The van der Waals surface area contributed by atoms with Crippen molar-refractivity contribution in [2.24, 2.45) is 0 Å². The first kappa shape index (κ1) is 12.8. The van der Waals surface area contributed by atoms with E-state index in [1.807, 2.05) is 36.1 Å². The van der Waals surface area contributed by atoms with Crippen LogP contribution in [-0.4, -0.2) is 16.8 Å². The second-order valence-corrected chi connectivity index (χ2v) is 5.30. The van der Waals surface area contributed by atoms with Gasteiger partial charge in [-0.15, -0.1) is 0 Å². The van der Waals surface area contributed by atoms with Crippen molar-refractivity contribution in [1.29, 1.82) is 0 Å². The maximum absolute atomic E-state index is 12.6. The summed E-state index contributed by atoms with van der Waals surface area (Å²) in [5.74, 6) is 1.72. The van der Waals surface area contributed by atoms with Gasteiger partial charge in [0.05, 0.1) is 6.54 Å². The maximum Gasteiger partial charge on any atom is 0.254 e. The molecule has 4 heteroatoms. The molecule has 0 unspecified atom stereocenters. The highest BCUT2D eigenvalue weighted by molar-refractivity contribution is 5.95. The summed E-state index contributed by atoms with van der Waals surface area (Å²) in [5.41, 5.74) is 7.01. The summed E-state index contributed by atoms with van der Waals surface area (Å²) in [4.78, 5) is 14.5. The number of hydrogen-bond donors (Lipinski definition) is 1. The van der Waals surface area contributed by atoms with Crippen LogP contribution < -0.4 is 5.73 Å². The predicted octanol–water partition coefficient (Wildman–Crippen LogP) is 2.98. The second-order valence-electron chi connectivity index (χ2n) is 5.30. The number of anilines is 1.